The van der Waals surface area contributed by atoms with Gasteiger partial charge < -0.3 is 10.8 Å². The van der Waals surface area contributed by atoms with Crippen molar-refractivity contribution in [3.63, 3.8) is 0 Å². The summed E-state index contributed by atoms with van der Waals surface area (Å²) in [6.07, 6.45) is 0. The van der Waals surface area contributed by atoms with Gasteiger partial charge in [0.25, 0.3) is 0 Å². The Hall–Kier alpha value is -0.860. The van der Waals surface area contributed by atoms with Crippen LogP contribution < -0.4 is 5.73 Å². The van der Waals surface area contributed by atoms with Crippen LogP contribution in [-0.2, 0) is 0 Å². The van der Waals surface area contributed by atoms with Gasteiger partial charge in [-0.3, -0.25) is 0 Å². The third-order valence-corrected chi connectivity index (χ3v) is 1.12. The highest BCUT2D eigenvalue weighted by atomic mass is 16.2. The van der Waals surface area contributed by atoms with Gasteiger partial charge in [0, 0.05) is 7.11 Å². The Morgan fingerprint density at radius 2 is 1.50 bits per heavy atom. The number of benzene rings is 1. The maximum Gasteiger partial charge on any atom is 0.127 e. The molecule has 4 N–H and O–H groups in total. The molecule has 0 spiro atoms. The van der Waals surface area contributed by atoms with E-state index in [0.29, 0.717) is 0 Å². The third-order valence-electron chi connectivity index (χ3n) is 1.12. The standard InChI is InChI=1S/C7H9N.CH4O/c1-6-2-4-7(8)5-3-6;1-2/h2-5H,8H2,1H3;2H,1H3/p+1. The molecule has 56 valence electrons. The maximum absolute atomic E-state index is 7.00. The predicted molar refractivity (Wildman–Crippen MR) is 41.9 cm³/mol. The minimum Gasteiger partial charge on any atom is -0.400 e. The van der Waals surface area contributed by atoms with Crippen molar-refractivity contribution in [2.24, 2.45) is 0 Å². The van der Waals surface area contributed by atoms with Crippen LogP contribution >= 0.6 is 0 Å². The first kappa shape index (κ1) is 9.14. The van der Waals surface area contributed by atoms with Crippen LogP contribution in [0.25, 0.3) is 0 Å². The summed E-state index contributed by atoms with van der Waals surface area (Å²) in [4.78, 5) is 0. The lowest BCUT2D eigenvalue weighted by atomic mass is 10.2. The molecule has 0 unspecified atom stereocenters. The Kier molecular flexibility index (Phi) is 4.54. The van der Waals surface area contributed by atoms with E-state index in [1.807, 2.05) is 12.1 Å². The van der Waals surface area contributed by atoms with Crippen LogP contribution in [0.1, 0.15) is 5.56 Å². The van der Waals surface area contributed by atoms with Crippen molar-refractivity contribution < 1.29 is 10.8 Å². The van der Waals surface area contributed by atoms with E-state index < -0.39 is 0 Å². The highest BCUT2D eigenvalue weighted by Crippen LogP contribution is 2.00. The molecule has 0 aliphatic heterocycles. The largest absolute Gasteiger partial charge is 0.400 e. The van der Waals surface area contributed by atoms with Crippen LogP contribution in [-0.4, -0.2) is 12.2 Å². The monoisotopic (exact) mass is 140 g/mol. The van der Waals surface area contributed by atoms with Crippen molar-refractivity contribution in [1.82, 2.24) is 0 Å². The molecule has 0 heterocycles. The van der Waals surface area contributed by atoms with Crippen LogP contribution in [0, 0.1) is 6.92 Å². The van der Waals surface area contributed by atoms with Gasteiger partial charge in [0.15, 0.2) is 0 Å². The number of hydrogen-bond donors (Lipinski definition) is 2. The second kappa shape index (κ2) is 4.97. The molecule has 0 bridgehead atoms. The van der Waals surface area contributed by atoms with E-state index in [9.17, 15) is 0 Å². The van der Waals surface area contributed by atoms with Crippen molar-refractivity contribution in [2.75, 3.05) is 7.11 Å². The number of aliphatic hydroxyl groups is 1. The molecule has 0 aliphatic rings. The van der Waals surface area contributed by atoms with E-state index in [-0.39, 0.29) is 0 Å². The zero-order chi connectivity index (χ0) is 7.98. The lowest BCUT2D eigenvalue weighted by molar-refractivity contribution is -0.254. The molecule has 0 radical (unpaired) electrons. The van der Waals surface area contributed by atoms with Crippen LogP contribution in [0.15, 0.2) is 24.3 Å². The van der Waals surface area contributed by atoms with Gasteiger partial charge in [-0.15, -0.1) is 0 Å². The predicted octanol–water partition coefficient (Wildman–Crippen LogP) is 0.477. The fourth-order valence-electron chi connectivity index (χ4n) is 0.588. The van der Waals surface area contributed by atoms with Crippen molar-refractivity contribution in [3.05, 3.63) is 29.8 Å². The molecule has 10 heavy (non-hydrogen) atoms. The first-order valence-electron chi connectivity index (χ1n) is 3.12. The van der Waals surface area contributed by atoms with Crippen molar-refractivity contribution in [3.8, 4) is 0 Å². The molecule has 0 saturated carbocycles. The van der Waals surface area contributed by atoms with Gasteiger partial charge in [-0.2, -0.15) is 0 Å². The third kappa shape index (κ3) is 3.22. The Morgan fingerprint density at radius 3 is 1.80 bits per heavy atom. The number of hydrogen-bond acceptors (Lipinski definition) is 1. The summed E-state index contributed by atoms with van der Waals surface area (Å²) in [6, 6.07) is 8.13. The average molecular weight is 140 g/mol. The molecule has 1 aromatic carbocycles. The molecule has 0 fully saturated rings. The summed E-state index contributed by atoms with van der Waals surface area (Å²) in [6.45, 7) is 2.07. The normalized spacial score (nSPS) is 8.00. The highest BCUT2D eigenvalue weighted by molar-refractivity contribution is 5.30. The van der Waals surface area contributed by atoms with E-state index in [0.717, 1.165) is 12.8 Å². The minimum absolute atomic E-state index is 1.00. The second-order valence-electron chi connectivity index (χ2n) is 1.99. The molecule has 2 nitrogen and oxygen atoms in total. The number of aliphatic hydroxyl groups excluding tert-OH is 1. The fourth-order valence-corrected chi connectivity index (χ4v) is 0.588. The molecule has 1 aromatic rings. The average Bonchev–Trinajstić information content (AvgIpc) is 2.00. The van der Waals surface area contributed by atoms with E-state index >= 15 is 0 Å². The number of rotatable bonds is 0. The molecule has 0 atom stereocenters. The van der Waals surface area contributed by atoms with E-state index in [4.69, 9.17) is 5.11 Å². The van der Waals surface area contributed by atoms with Crippen molar-refractivity contribution in [2.45, 2.75) is 6.92 Å². The topological polar surface area (TPSA) is 47.9 Å². The SMILES string of the molecule is CO.Cc1ccc([NH3+])cc1. The Bertz CT molecular complexity index is 148. The molecule has 0 aromatic heterocycles. The molecule has 2 heteroatoms. The lowest BCUT2D eigenvalue weighted by Crippen LogP contribution is -2.39. The first-order chi connectivity index (χ1) is 4.79. The van der Waals surface area contributed by atoms with Gasteiger partial charge in [-0.25, -0.2) is 0 Å². The lowest BCUT2D eigenvalue weighted by Gasteiger charge is -1.87. The highest BCUT2D eigenvalue weighted by Gasteiger charge is 1.83. The Balaban J connectivity index is 0.000000371. The second-order valence-corrected chi connectivity index (χ2v) is 1.99. The Labute approximate surface area is 61.3 Å². The fraction of sp³-hybridized carbons (Fsp3) is 0.250. The molecular formula is C8H14NO+. The number of aryl methyl sites for hydroxylation is 1. The summed E-state index contributed by atoms with van der Waals surface area (Å²) in [5.74, 6) is 0. The van der Waals surface area contributed by atoms with Crippen LogP contribution in [0.3, 0.4) is 0 Å². The molecule has 0 amide bonds. The summed E-state index contributed by atoms with van der Waals surface area (Å²) in [5, 5.41) is 7.00. The van der Waals surface area contributed by atoms with Gasteiger partial charge in [0.2, 0.25) is 0 Å². The van der Waals surface area contributed by atoms with Crippen molar-refractivity contribution >= 4 is 5.69 Å². The number of quaternary nitrogens is 1. The van der Waals surface area contributed by atoms with Gasteiger partial charge in [0.05, 0.1) is 0 Å². The molecular weight excluding hydrogens is 126 g/mol. The summed E-state index contributed by atoms with van der Waals surface area (Å²) in [5.41, 5.74) is 6.13. The van der Waals surface area contributed by atoms with Crippen LogP contribution in [0.5, 0.6) is 0 Å². The summed E-state index contributed by atoms with van der Waals surface area (Å²) >= 11 is 0. The molecule has 0 aliphatic carbocycles. The summed E-state index contributed by atoms with van der Waals surface area (Å²) < 4.78 is 0. The maximum atomic E-state index is 7.00. The minimum atomic E-state index is 1.00. The smallest absolute Gasteiger partial charge is 0.127 e. The van der Waals surface area contributed by atoms with Gasteiger partial charge >= 0.3 is 0 Å². The summed E-state index contributed by atoms with van der Waals surface area (Å²) in [7, 11) is 1.00. The van der Waals surface area contributed by atoms with E-state index in [1.54, 1.807) is 0 Å². The zero-order valence-electron chi connectivity index (χ0n) is 6.46. The Morgan fingerprint density at radius 1 is 1.10 bits per heavy atom. The van der Waals surface area contributed by atoms with Crippen molar-refractivity contribution in [1.29, 1.82) is 0 Å². The van der Waals surface area contributed by atoms with Gasteiger partial charge in [-0.05, 0) is 19.1 Å². The van der Waals surface area contributed by atoms with Crippen LogP contribution in [0.4, 0.5) is 5.69 Å². The zero-order valence-corrected chi connectivity index (χ0v) is 6.46. The first-order valence-corrected chi connectivity index (χ1v) is 3.12. The van der Waals surface area contributed by atoms with E-state index in [2.05, 4.69) is 24.8 Å². The van der Waals surface area contributed by atoms with Gasteiger partial charge in [0.1, 0.15) is 5.69 Å². The van der Waals surface area contributed by atoms with Gasteiger partial charge in [-0.1, -0.05) is 17.7 Å². The van der Waals surface area contributed by atoms with E-state index in [1.165, 1.54) is 5.56 Å². The quantitative estimate of drug-likeness (QED) is 0.541. The van der Waals surface area contributed by atoms with Crippen LogP contribution in [0.2, 0.25) is 0 Å². The molecule has 1 rings (SSSR count). The molecule has 0 saturated heterocycles.